The molecule has 0 saturated carbocycles. The van der Waals surface area contributed by atoms with Gasteiger partial charge in [0.05, 0.1) is 0 Å². The van der Waals surface area contributed by atoms with E-state index in [1.807, 2.05) is 71.9 Å². The van der Waals surface area contributed by atoms with Crippen molar-refractivity contribution < 1.29 is 4.79 Å². The number of fused-ring (bicyclic) bond motifs is 1. The van der Waals surface area contributed by atoms with Gasteiger partial charge in [0.1, 0.15) is 5.69 Å². The molecular formula is C26H25ClN4O. The minimum absolute atomic E-state index is 0.0960. The first-order valence-electron chi connectivity index (χ1n) is 10.9. The normalized spacial score (nSPS) is 14.7. The molecule has 0 bridgehead atoms. The number of aromatic nitrogens is 2. The Kier molecular flexibility index (Phi) is 5.93. The van der Waals surface area contributed by atoms with E-state index in [9.17, 15) is 4.79 Å². The van der Waals surface area contributed by atoms with E-state index in [4.69, 9.17) is 11.6 Å². The summed E-state index contributed by atoms with van der Waals surface area (Å²) in [4.78, 5) is 22.0. The first-order valence-corrected chi connectivity index (χ1v) is 11.3. The van der Waals surface area contributed by atoms with Crippen molar-refractivity contribution in [3.63, 3.8) is 0 Å². The van der Waals surface area contributed by atoms with Crippen LogP contribution >= 0.6 is 11.6 Å². The highest BCUT2D eigenvalue weighted by Crippen LogP contribution is 2.24. The zero-order valence-electron chi connectivity index (χ0n) is 17.8. The summed E-state index contributed by atoms with van der Waals surface area (Å²) in [6.07, 6.45) is 3.66. The lowest BCUT2D eigenvalue weighted by Crippen LogP contribution is -2.48. The van der Waals surface area contributed by atoms with Gasteiger partial charge in [0.25, 0.3) is 5.91 Å². The van der Waals surface area contributed by atoms with Gasteiger partial charge in [-0.1, -0.05) is 41.9 Å². The van der Waals surface area contributed by atoms with Gasteiger partial charge in [-0.3, -0.25) is 14.7 Å². The Bertz CT molecular complexity index is 1210. The molecule has 0 aliphatic carbocycles. The van der Waals surface area contributed by atoms with Crippen molar-refractivity contribution >= 4 is 28.4 Å². The third kappa shape index (κ3) is 4.40. The van der Waals surface area contributed by atoms with Crippen LogP contribution in [0, 0.1) is 0 Å². The van der Waals surface area contributed by atoms with Gasteiger partial charge in [0, 0.05) is 67.6 Å². The lowest BCUT2D eigenvalue weighted by atomic mass is 10.2. The molecule has 1 saturated heterocycles. The fourth-order valence-electron chi connectivity index (χ4n) is 4.35. The summed E-state index contributed by atoms with van der Waals surface area (Å²) in [5.41, 5.74) is 4.18. The Morgan fingerprint density at radius 3 is 2.28 bits per heavy atom. The van der Waals surface area contributed by atoms with Gasteiger partial charge >= 0.3 is 0 Å². The van der Waals surface area contributed by atoms with Crippen molar-refractivity contribution in [1.29, 1.82) is 0 Å². The maximum atomic E-state index is 13.6. The minimum Gasteiger partial charge on any atom is -0.335 e. The maximum absolute atomic E-state index is 13.6. The summed E-state index contributed by atoms with van der Waals surface area (Å²) in [5, 5.41) is 1.80. The number of nitrogens with zero attached hydrogens (tertiary/aromatic N) is 4. The van der Waals surface area contributed by atoms with Crippen LogP contribution in [0.1, 0.15) is 21.6 Å². The molecule has 3 heterocycles. The first-order chi connectivity index (χ1) is 15.7. The number of para-hydroxylation sites is 1. The van der Waals surface area contributed by atoms with Crippen LogP contribution in [0.3, 0.4) is 0 Å². The molecule has 0 unspecified atom stereocenters. The van der Waals surface area contributed by atoms with Crippen LogP contribution in [-0.2, 0) is 13.1 Å². The van der Waals surface area contributed by atoms with Crippen LogP contribution in [0.15, 0.2) is 79.1 Å². The zero-order valence-corrected chi connectivity index (χ0v) is 18.6. The monoisotopic (exact) mass is 444 g/mol. The van der Waals surface area contributed by atoms with Crippen LogP contribution in [0.2, 0.25) is 5.02 Å². The number of benzene rings is 2. The number of rotatable bonds is 5. The summed E-state index contributed by atoms with van der Waals surface area (Å²) in [6, 6.07) is 22.1. The minimum atomic E-state index is 0.0960. The standard InChI is InChI=1S/C26H25ClN4O/c27-23-7-5-20(6-8-23)19-31-24-4-2-1-3-22(24)17-25(31)26(32)30-15-13-29(14-16-30)18-21-9-11-28-12-10-21/h1-12,17H,13-16,18-19H2. The lowest BCUT2D eigenvalue weighted by molar-refractivity contribution is 0.0619. The Morgan fingerprint density at radius 2 is 1.53 bits per heavy atom. The molecule has 0 radical (unpaired) electrons. The number of carbonyl (C=O) groups is 1. The second-order valence-electron chi connectivity index (χ2n) is 8.22. The second kappa shape index (κ2) is 9.15. The lowest BCUT2D eigenvalue weighted by Gasteiger charge is -2.35. The number of piperazine rings is 1. The molecule has 4 aromatic rings. The third-order valence-corrected chi connectivity index (χ3v) is 6.35. The largest absolute Gasteiger partial charge is 0.335 e. The van der Waals surface area contributed by atoms with Gasteiger partial charge in [0.15, 0.2) is 0 Å². The number of carbonyl (C=O) groups excluding carboxylic acids is 1. The van der Waals surface area contributed by atoms with E-state index in [0.717, 1.165) is 54.9 Å². The molecule has 6 heteroatoms. The number of amides is 1. The van der Waals surface area contributed by atoms with Crippen molar-refractivity contribution in [2.45, 2.75) is 13.1 Å². The van der Waals surface area contributed by atoms with E-state index >= 15 is 0 Å². The smallest absolute Gasteiger partial charge is 0.270 e. The molecule has 1 fully saturated rings. The van der Waals surface area contributed by atoms with Gasteiger partial charge < -0.3 is 9.47 Å². The van der Waals surface area contributed by atoms with Crippen LogP contribution < -0.4 is 0 Å². The van der Waals surface area contributed by atoms with E-state index < -0.39 is 0 Å². The predicted molar refractivity (Wildman–Crippen MR) is 128 cm³/mol. The molecule has 2 aromatic heterocycles. The maximum Gasteiger partial charge on any atom is 0.270 e. The van der Waals surface area contributed by atoms with Gasteiger partial charge in [-0.05, 0) is 47.5 Å². The number of halogens is 1. The number of pyridine rings is 1. The van der Waals surface area contributed by atoms with Gasteiger partial charge in [-0.15, -0.1) is 0 Å². The Labute approximate surface area is 192 Å². The SMILES string of the molecule is O=C(c1cc2ccccc2n1Cc1ccc(Cl)cc1)N1CCN(Cc2ccncc2)CC1. The fourth-order valence-corrected chi connectivity index (χ4v) is 4.47. The molecule has 0 N–H and O–H groups in total. The molecule has 0 atom stereocenters. The van der Waals surface area contributed by atoms with Gasteiger partial charge in [-0.25, -0.2) is 0 Å². The van der Waals surface area contributed by atoms with Crippen LogP contribution in [-0.4, -0.2) is 51.4 Å². The fraction of sp³-hybridized carbons (Fsp3) is 0.231. The van der Waals surface area contributed by atoms with Crippen molar-refractivity contribution in [3.05, 3.63) is 101 Å². The third-order valence-electron chi connectivity index (χ3n) is 6.10. The highest BCUT2D eigenvalue weighted by atomic mass is 35.5. The molecule has 32 heavy (non-hydrogen) atoms. The van der Waals surface area contributed by atoms with Crippen molar-refractivity contribution in [2.24, 2.45) is 0 Å². The molecule has 162 valence electrons. The zero-order chi connectivity index (χ0) is 21.9. The highest BCUT2D eigenvalue weighted by Gasteiger charge is 2.25. The van der Waals surface area contributed by atoms with Gasteiger partial charge in [-0.2, -0.15) is 0 Å². The van der Waals surface area contributed by atoms with Crippen LogP contribution in [0.5, 0.6) is 0 Å². The second-order valence-corrected chi connectivity index (χ2v) is 8.66. The van der Waals surface area contributed by atoms with Crippen LogP contribution in [0.25, 0.3) is 10.9 Å². The average molecular weight is 445 g/mol. The van der Waals surface area contributed by atoms with Crippen LogP contribution in [0.4, 0.5) is 0 Å². The number of hydrogen-bond acceptors (Lipinski definition) is 3. The molecule has 1 amide bonds. The average Bonchev–Trinajstić information content (AvgIpc) is 3.19. The molecule has 1 aliphatic heterocycles. The summed E-state index contributed by atoms with van der Waals surface area (Å²) >= 11 is 6.06. The topological polar surface area (TPSA) is 41.4 Å². The molecular weight excluding hydrogens is 420 g/mol. The molecule has 5 rings (SSSR count). The summed E-state index contributed by atoms with van der Waals surface area (Å²) in [5.74, 6) is 0.0960. The first kappa shape index (κ1) is 20.7. The Morgan fingerprint density at radius 1 is 0.844 bits per heavy atom. The number of hydrogen-bond donors (Lipinski definition) is 0. The van der Waals surface area contributed by atoms with Gasteiger partial charge in [0.2, 0.25) is 0 Å². The molecule has 5 nitrogen and oxygen atoms in total. The molecule has 1 aliphatic rings. The summed E-state index contributed by atoms with van der Waals surface area (Å²) in [6.45, 7) is 4.71. The van der Waals surface area contributed by atoms with Crippen molar-refractivity contribution in [3.8, 4) is 0 Å². The predicted octanol–water partition coefficient (Wildman–Crippen LogP) is 4.70. The van der Waals surface area contributed by atoms with Crippen molar-refractivity contribution in [2.75, 3.05) is 26.2 Å². The summed E-state index contributed by atoms with van der Waals surface area (Å²) < 4.78 is 2.13. The molecule has 2 aromatic carbocycles. The summed E-state index contributed by atoms with van der Waals surface area (Å²) in [7, 11) is 0. The van der Waals surface area contributed by atoms with E-state index in [0.29, 0.717) is 11.6 Å². The van der Waals surface area contributed by atoms with E-state index in [1.165, 1.54) is 5.56 Å². The highest BCUT2D eigenvalue weighted by molar-refractivity contribution is 6.30. The Hall–Kier alpha value is -3.15. The van der Waals surface area contributed by atoms with E-state index in [2.05, 4.69) is 26.6 Å². The van der Waals surface area contributed by atoms with Crippen molar-refractivity contribution in [1.82, 2.24) is 19.4 Å². The molecule has 0 spiro atoms. The quantitative estimate of drug-likeness (QED) is 0.448. The Balaban J connectivity index is 1.35. The van der Waals surface area contributed by atoms with E-state index in [-0.39, 0.29) is 5.91 Å². The van der Waals surface area contributed by atoms with E-state index in [1.54, 1.807) is 0 Å².